The van der Waals surface area contributed by atoms with E-state index in [-0.39, 0.29) is 12.5 Å². The van der Waals surface area contributed by atoms with Crippen LogP contribution in [0.15, 0.2) is 54.6 Å². The van der Waals surface area contributed by atoms with Gasteiger partial charge in [-0.3, -0.25) is 4.79 Å². The largest absolute Gasteiger partial charge is 0.396 e. The molecule has 4 rings (SSSR count). The fourth-order valence-corrected chi connectivity index (χ4v) is 4.21. The maximum atomic E-state index is 14.1. The molecule has 0 aliphatic carbocycles. The average Bonchev–Trinajstić information content (AvgIpc) is 2.78. The number of nitrogens with one attached hydrogen (secondary N) is 1. The maximum Gasteiger partial charge on any atom is 0.251 e. The molecule has 0 bridgehead atoms. The zero-order valence-corrected chi connectivity index (χ0v) is 17.3. The minimum Gasteiger partial charge on any atom is -0.396 e. The summed E-state index contributed by atoms with van der Waals surface area (Å²) in [7, 11) is 0. The minimum atomic E-state index is -0.605. The molecule has 1 atom stereocenters. The van der Waals surface area contributed by atoms with Crippen LogP contribution in [0.3, 0.4) is 0 Å². The van der Waals surface area contributed by atoms with Gasteiger partial charge >= 0.3 is 0 Å². The van der Waals surface area contributed by atoms with Crippen molar-refractivity contribution in [1.82, 2.24) is 10.2 Å². The monoisotopic (exact) mass is 424 g/mol. The smallest absolute Gasteiger partial charge is 0.251 e. The minimum absolute atomic E-state index is 0.133. The molecular weight excluding hydrogens is 398 g/mol. The summed E-state index contributed by atoms with van der Waals surface area (Å²) >= 11 is 0. The number of aliphatic hydroxyl groups is 1. The maximum absolute atomic E-state index is 14.1. The third-order valence-electron chi connectivity index (χ3n) is 5.92. The molecule has 2 N–H and O–H groups in total. The number of carbonyl (C=O) groups is 1. The van der Waals surface area contributed by atoms with Crippen molar-refractivity contribution in [2.75, 3.05) is 32.8 Å². The molecular formula is C25H26F2N2O2. The molecule has 1 unspecified atom stereocenters. The summed E-state index contributed by atoms with van der Waals surface area (Å²) in [5.41, 5.74) is 1.57. The zero-order chi connectivity index (χ0) is 21.8. The van der Waals surface area contributed by atoms with Crippen molar-refractivity contribution < 1.29 is 18.7 Å². The van der Waals surface area contributed by atoms with Crippen molar-refractivity contribution in [3.63, 3.8) is 0 Å². The van der Waals surface area contributed by atoms with Crippen molar-refractivity contribution in [2.24, 2.45) is 5.92 Å². The molecule has 6 heteroatoms. The Morgan fingerprint density at radius 3 is 2.68 bits per heavy atom. The highest BCUT2D eigenvalue weighted by Crippen LogP contribution is 2.27. The van der Waals surface area contributed by atoms with Gasteiger partial charge in [0.05, 0.1) is 0 Å². The highest BCUT2D eigenvalue weighted by Gasteiger charge is 2.19. The van der Waals surface area contributed by atoms with Crippen LogP contribution in [0.25, 0.3) is 21.9 Å². The number of hydrogen-bond acceptors (Lipinski definition) is 3. The second-order valence-corrected chi connectivity index (χ2v) is 8.15. The van der Waals surface area contributed by atoms with Crippen molar-refractivity contribution in [2.45, 2.75) is 12.8 Å². The SMILES string of the molecule is O=C(NCCN1CCCC(CO)C1)c1ccc2cc(-c3ccc(F)cc3F)ccc2c1. The predicted octanol–water partition coefficient (Wildman–Crippen LogP) is 4.22. The van der Waals surface area contributed by atoms with Crippen LogP contribution in [0.4, 0.5) is 8.78 Å². The summed E-state index contributed by atoms with van der Waals surface area (Å²) < 4.78 is 27.3. The van der Waals surface area contributed by atoms with Gasteiger partial charge in [0.25, 0.3) is 5.91 Å². The number of likely N-dealkylation sites (tertiary alicyclic amines) is 1. The van der Waals surface area contributed by atoms with E-state index in [1.165, 1.54) is 12.1 Å². The highest BCUT2D eigenvalue weighted by molar-refractivity contribution is 5.99. The van der Waals surface area contributed by atoms with Gasteiger partial charge in [-0.05, 0) is 72.0 Å². The second kappa shape index (κ2) is 9.54. The number of halogens is 2. The lowest BCUT2D eigenvalue weighted by atomic mass is 9.99. The Morgan fingerprint density at radius 1 is 1.06 bits per heavy atom. The lowest BCUT2D eigenvalue weighted by Gasteiger charge is -2.31. The molecule has 1 amide bonds. The van der Waals surface area contributed by atoms with Crippen LogP contribution >= 0.6 is 0 Å². The Balaban J connectivity index is 1.41. The molecule has 0 spiro atoms. The van der Waals surface area contributed by atoms with Crippen LogP contribution in [0.1, 0.15) is 23.2 Å². The number of aliphatic hydroxyl groups excluding tert-OH is 1. The van der Waals surface area contributed by atoms with Crippen LogP contribution in [0.2, 0.25) is 0 Å². The molecule has 1 heterocycles. The Morgan fingerprint density at radius 2 is 1.87 bits per heavy atom. The van der Waals surface area contributed by atoms with Gasteiger partial charge in [-0.1, -0.05) is 18.2 Å². The lowest BCUT2D eigenvalue weighted by Crippen LogP contribution is -2.41. The number of hydrogen-bond donors (Lipinski definition) is 2. The first kappa shape index (κ1) is 21.4. The normalized spacial score (nSPS) is 17.1. The molecule has 0 saturated carbocycles. The Labute approximate surface area is 180 Å². The van der Waals surface area contributed by atoms with Crippen LogP contribution in [-0.2, 0) is 0 Å². The van der Waals surface area contributed by atoms with Crippen molar-refractivity contribution in [3.8, 4) is 11.1 Å². The zero-order valence-electron chi connectivity index (χ0n) is 17.3. The molecule has 1 saturated heterocycles. The summed E-state index contributed by atoms with van der Waals surface area (Å²) in [5, 5.41) is 14.1. The van der Waals surface area contributed by atoms with Gasteiger partial charge in [0.1, 0.15) is 11.6 Å². The van der Waals surface area contributed by atoms with Crippen LogP contribution < -0.4 is 5.32 Å². The van der Waals surface area contributed by atoms with Crippen molar-refractivity contribution >= 4 is 16.7 Å². The Hall–Kier alpha value is -2.83. The van der Waals surface area contributed by atoms with Crippen LogP contribution in [-0.4, -0.2) is 48.7 Å². The van der Waals surface area contributed by atoms with Crippen molar-refractivity contribution in [1.29, 1.82) is 0 Å². The van der Waals surface area contributed by atoms with Gasteiger partial charge in [0, 0.05) is 43.4 Å². The van der Waals surface area contributed by atoms with Crippen LogP contribution in [0, 0.1) is 17.6 Å². The first-order valence-electron chi connectivity index (χ1n) is 10.6. The number of piperidine rings is 1. The fraction of sp³-hybridized carbons (Fsp3) is 0.320. The molecule has 0 radical (unpaired) electrons. The second-order valence-electron chi connectivity index (χ2n) is 8.15. The molecule has 1 fully saturated rings. The van der Waals surface area contributed by atoms with E-state index in [9.17, 15) is 18.7 Å². The quantitative estimate of drug-likeness (QED) is 0.623. The van der Waals surface area contributed by atoms with Gasteiger partial charge < -0.3 is 15.3 Å². The number of fused-ring (bicyclic) bond motifs is 1. The summed E-state index contributed by atoms with van der Waals surface area (Å²) in [5.74, 6) is -1.01. The van der Waals surface area contributed by atoms with Gasteiger partial charge in [-0.15, -0.1) is 0 Å². The number of rotatable bonds is 6. The summed E-state index contributed by atoms with van der Waals surface area (Å²) in [4.78, 5) is 14.8. The molecule has 0 aromatic heterocycles. The lowest BCUT2D eigenvalue weighted by molar-refractivity contribution is 0.0931. The van der Waals surface area contributed by atoms with Gasteiger partial charge in [-0.25, -0.2) is 8.78 Å². The summed E-state index contributed by atoms with van der Waals surface area (Å²) in [6.45, 7) is 3.41. The van der Waals surface area contributed by atoms with E-state index in [1.807, 2.05) is 24.3 Å². The molecule has 1 aliphatic heterocycles. The molecule has 31 heavy (non-hydrogen) atoms. The molecule has 1 aliphatic rings. The summed E-state index contributed by atoms with van der Waals surface area (Å²) in [6, 6.07) is 14.4. The van der Waals surface area contributed by atoms with E-state index in [1.54, 1.807) is 12.1 Å². The van der Waals surface area contributed by atoms with E-state index in [4.69, 9.17) is 0 Å². The van der Waals surface area contributed by atoms with E-state index >= 15 is 0 Å². The first-order valence-corrected chi connectivity index (χ1v) is 10.6. The van der Waals surface area contributed by atoms with Crippen molar-refractivity contribution in [3.05, 3.63) is 71.8 Å². The van der Waals surface area contributed by atoms with E-state index in [2.05, 4.69) is 10.2 Å². The topological polar surface area (TPSA) is 52.6 Å². The molecule has 4 nitrogen and oxygen atoms in total. The molecule has 162 valence electrons. The van der Waals surface area contributed by atoms with Gasteiger partial charge in [0.2, 0.25) is 0 Å². The average molecular weight is 424 g/mol. The first-order chi connectivity index (χ1) is 15.0. The van der Waals surface area contributed by atoms with E-state index in [0.29, 0.717) is 29.2 Å². The molecule has 3 aromatic carbocycles. The predicted molar refractivity (Wildman–Crippen MR) is 118 cm³/mol. The third kappa shape index (κ3) is 5.09. The standard InChI is InChI=1S/C25H26F2N2O2/c26-22-7-8-23(24(27)14-22)20-5-3-19-13-21(6-4-18(19)12-20)25(31)28-9-11-29-10-1-2-17(15-29)16-30/h3-8,12-14,17,30H,1-2,9-11,15-16H2,(H,28,31). The number of amides is 1. The Kier molecular flexibility index (Phi) is 6.59. The van der Waals surface area contributed by atoms with Gasteiger partial charge in [-0.2, -0.15) is 0 Å². The van der Waals surface area contributed by atoms with E-state index in [0.717, 1.165) is 49.3 Å². The Bertz CT molecular complexity index is 1090. The molecule has 3 aromatic rings. The number of benzene rings is 3. The fourth-order valence-electron chi connectivity index (χ4n) is 4.21. The van der Waals surface area contributed by atoms with E-state index < -0.39 is 11.6 Å². The highest BCUT2D eigenvalue weighted by atomic mass is 19.1. The number of nitrogens with zero attached hydrogens (tertiary/aromatic N) is 1. The van der Waals surface area contributed by atoms with Crippen LogP contribution in [0.5, 0.6) is 0 Å². The third-order valence-corrected chi connectivity index (χ3v) is 5.92. The summed E-state index contributed by atoms with van der Waals surface area (Å²) in [6.07, 6.45) is 2.14. The van der Waals surface area contributed by atoms with Gasteiger partial charge in [0.15, 0.2) is 0 Å². The number of carbonyl (C=O) groups excluding carboxylic acids is 1.